The lowest BCUT2D eigenvalue weighted by atomic mass is 9.85. The summed E-state index contributed by atoms with van der Waals surface area (Å²) < 4.78 is 29.4. The van der Waals surface area contributed by atoms with E-state index < -0.39 is 41.2 Å². The zero-order valence-electron chi connectivity index (χ0n) is 45.7. The number of aromatic nitrogens is 3. The van der Waals surface area contributed by atoms with Gasteiger partial charge in [-0.1, -0.05) is 94.4 Å². The van der Waals surface area contributed by atoms with Crippen LogP contribution < -0.4 is 15.0 Å². The molecular weight excluding hydrogens is 1050 g/mol. The Balaban J connectivity index is 0.786. The number of ether oxygens (including phenoxy) is 2. The number of nitrogens with zero attached hydrogens (tertiary/aromatic N) is 7. The Kier molecular flexibility index (Phi) is 17.7. The van der Waals surface area contributed by atoms with Gasteiger partial charge in [0.15, 0.2) is 11.6 Å². The molecule has 3 aliphatic rings. The number of aliphatic hydroxyl groups excluding tert-OH is 1. The number of piperazine rings is 1. The second-order valence-electron chi connectivity index (χ2n) is 22.4. The van der Waals surface area contributed by atoms with Crippen molar-refractivity contribution in [1.82, 2.24) is 35.0 Å². The summed E-state index contributed by atoms with van der Waals surface area (Å²) in [6, 6.07) is 18.3. The molecule has 3 aliphatic heterocycles. The third-order valence-electron chi connectivity index (χ3n) is 15.6. The Bertz CT molecular complexity index is 3240. The van der Waals surface area contributed by atoms with Crippen LogP contribution in [0.2, 0.25) is 5.02 Å². The molecule has 0 saturated carbocycles. The van der Waals surface area contributed by atoms with Gasteiger partial charge >= 0.3 is 6.01 Å². The fourth-order valence-corrected chi connectivity index (χ4v) is 12.3. The second kappa shape index (κ2) is 24.4. The number of β-amino-alcohol motifs (C(OH)–C–C–N with tert-alkyl or cyclic N) is 1. The van der Waals surface area contributed by atoms with Crippen LogP contribution in [0.25, 0.3) is 43.2 Å². The zero-order valence-corrected chi connectivity index (χ0v) is 47.3. The summed E-state index contributed by atoms with van der Waals surface area (Å²) in [5.41, 5.74) is 4.66. The summed E-state index contributed by atoms with van der Waals surface area (Å²) in [5, 5.41) is 26.3. The standard InChI is InChI=1S/C60H70ClFN8O8S/c1-8-51(75)68-21-22-69(36(3)30-68)57-46-29-47(61)52(45-27-42(71)26-41-11-9-10-12-44(41)45)53(62)54(46)65-59(66-57)78-24-23-67-19-17-38(18-20-67)32-77-33-50(74)64-56(60(5,6)7)58(76)70-31-43(72)28-48(70)49(73)25-35(2)39-13-15-40(16-14-39)55-37(4)63-34-79-55/h8-16,26-27,29,34-36,38,43,48,56,71-72H,1,17-25,28,30-33H2,2-7H3,(H,64,74)/t35-,36+,43-,48+,56-/m1/s1. The van der Waals surface area contributed by atoms with Gasteiger partial charge in [-0.3, -0.25) is 24.1 Å². The molecule has 418 valence electrons. The van der Waals surface area contributed by atoms with Gasteiger partial charge in [0, 0.05) is 62.6 Å². The van der Waals surface area contributed by atoms with E-state index in [4.69, 9.17) is 26.1 Å². The molecule has 16 nitrogen and oxygen atoms in total. The molecule has 0 spiro atoms. The summed E-state index contributed by atoms with van der Waals surface area (Å²) >= 11 is 8.54. The molecule has 0 radical (unpaired) electrons. The van der Waals surface area contributed by atoms with Crippen LogP contribution in [-0.2, 0) is 23.9 Å². The number of thiazole rings is 1. The summed E-state index contributed by atoms with van der Waals surface area (Å²) in [5.74, 6) is -1.38. The van der Waals surface area contributed by atoms with Gasteiger partial charge in [0.25, 0.3) is 0 Å². The van der Waals surface area contributed by atoms with Crippen molar-refractivity contribution in [1.29, 1.82) is 0 Å². The first-order valence-electron chi connectivity index (χ1n) is 27.1. The lowest BCUT2D eigenvalue weighted by molar-refractivity contribution is -0.144. The van der Waals surface area contributed by atoms with Gasteiger partial charge < -0.3 is 39.7 Å². The number of amides is 3. The number of aliphatic hydroxyl groups is 1. The molecule has 6 aromatic rings. The number of likely N-dealkylation sites (tertiary alicyclic amines) is 2. The minimum absolute atomic E-state index is 0.00429. The van der Waals surface area contributed by atoms with Crippen molar-refractivity contribution < 1.29 is 43.3 Å². The molecule has 3 fully saturated rings. The predicted octanol–water partition coefficient (Wildman–Crippen LogP) is 8.97. The lowest BCUT2D eigenvalue weighted by Crippen LogP contribution is -2.57. The Labute approximate surface area is 469 Å². The van der Waals surface area contributed by atoms with Crippen LogP contribution in [0.4, 0.5) is 10.2 Å². The number of rotatable bonds is 18. The molecular formula is C60H70ClFN8O8S. The average molecular weight is 1120 g/mol. The van der Waals surface area contributed by atoms with E-state index in [2.05, 4.69) is 26.8 Å². The number of nitrogens with one attached hydrogen (secondary N) is 1. The number of carbonyl (C=O) groups is 4. The predicted molar refractivity (Wildman–Crippen MR) is 306 cm³/mol. The van der Waals surface area contributed by atoms with Crippen molar-refractivity contribution in [2.24, 2.45) is 11.3 Å². The van der Waals surface area contributed by atoms with Crippen molar-refractivity contribution in [2.75, 3.05) is 70.5 Å². The number of benzene rings is 4. The monoisotopic (exact) mass is 1120 g/mol. The smallest absolute Gasteiger partial charge is 0.319 e. The number of aromatic hydroxyl groups is 1. The number of piperidine rings is 1. The molecule has 0 unspecified atom stereocenters. The number of phenolic OH excluding ortho intramolecular Hbond substituents is 1. The van der Waals surface area contributed by atoms with Gasteiger partial charge in [0.1, 0.15) is 36.3 Å². The van der Waals surface area contributed by atoms with E-state index in [-0.39, 0.29) is 90.0 Å². The van der Waals surface area contributed by atoms with Crippen molar-refractivity contribution in [3.8, 4) is 33.3 Å². The first-order chi connectivity index (χ1) is 37.8. The molecule has 3 N–H and O–H groups in total. The number of hydrogen-bond acceptors (Lipinski definition) is 14. The largest absolute Gasteiger partial charge is 0.508 e. The first-order valence-corrected chi connectivity index (χ1v) is 28.4. The lowest BCUT2D eigenvalue weighted by Gasteiger charge is -2.40. The van der Waals surface area contributed by atoms with E-state index in [1.165, 1.54) is 17.0 Å². The van der Waals surface area contributed by atoms with Gasteiger partial charge in [-0.2, -0.15) is 9.97 Å². The van der Waals surface area contributed by atoms with E-state index in [0.29, 0.717) is 60.3 Å². The van der Waals surface area contributed by atoms with Crippen molar-refractivity contribution in [3.05, 3.63) is 107 Å². The molecule has 0 bridgehead atoms. The van der Waals surface area contributed by atoms with Gasteiger partial charge in [0.2, 0.25) is 17.7 Å². The molecule has 19 heteroatoms. The highest BCUT2D eigenvalue weighted by molar-refractivity contribution is 7.13. The SMILES string of the molecule is C=CC(=O)N1CCN(c2nc(OCCN3CCC(COCC(=O)N[C@H](C(=O)N4C[C@H](O)C[C@H]4C(=O)C[C@@H](C)c4ccc(-c5scnc5C)cc4)C(C)(C)C)CC3)nc3c(F)c(-c4cc(O)cc5ccccc45)c(Cl)cc23)[C@@H](C)C1. The maximum Gasteiger partial charge on any atom is 0.319 e. The molecule has 3 saturated heterocycles. The number of ketones is 1. The van der Waals surface area contributed by atoms with E-state index in [1.54, 1.807) is 28.4 Å². The highest BCUT2D eigenvalue weighted by Gasteiger charge is 2.44. The number of phenols is 1. The van der Waals surface area contributed by atoms with Gasteiger partial charge in [0.05, 0.1) is 39.9 Å². The minimum atomic E-state index is -0.963. The summed E-state index contributed by atoms with van der Waals surface area (Å²) in [6.45, 7) is 18.7. The maximum atomic E-state index is 17.2. The van der Waals surface area contributed by atoms with E-state index in [1.807, 2.05) is 100 Å². The molecule has 2 aromatic heterocycles. The van der Waals surface area contributed by atoms with Crippen LogP contribution in [0, 0.1) is 24.1 Å². The van der Waals surface area contributed by atoms with E-state index in [0.717, 1.165) is 47.6 Å². The van der Waals surface area contributed by atoms with Crippen LogP contribution in [-0.4, -0.2) is 153 Å². The molecule has 5 heterocycles. The maximum absolute atomic E-state index is 17.2. The topological polar surface area (TPSA) is 191 Å². The first kappa shape index (κ1) is 57.1. The fourth-order valence-electron chi connectivity index (χ4n) is 11.2. The molecule has 0 aliphatic carbocycles. The van der Waals surface area contributed by atoms with Gasteiger partial charge in [-0.05, 0) is 109 Å². The number of aryl methyl sites for hydroxylation is 1. The van der Waals surface area contributed by atoms with Gasteiger partial charge in [-0.15, -0.1) is 11.3 Å². The number of anilines is 1. The molecule has 79 heavy (non-hydrogen) atoms. The summed E-state index contributed by atoms with van der Waals surface area (Å²) in [6.07, 6.45) is 2.38. The highest BCUT2D eigenvalue weighted by atomic mass is 35.5. The van der Waals surface area contributed by atoms with Crippen molar-refractivity contribution in [2.45, 2.75) is 97.4 Å². The third kappa shape index (κ3) is 12.9. The van der Waals surface area contributed by atoms with Crippen LogP contribution in [0.1, 0.15) is 77.5 Å². The third-order valence-corrected chi connectivity index (χ3v) is 16.9. The van der Waals surface area contributed by atoms with E-state index in [9.17, 15) is 29.4 Å². The Morgan fingerprint density at radius 2 is 1.75 bits per heavy atom. The minimum Gasteiger partial charge on any atom is -0.508 e. The van der Waals surface area contributed by atoms with Crippen molar-refractivity contribution in [3.63, 3.8) is 0 Å². The number of carbonyl (C=O) groups excluding carboxylic acids is 4. The number of fused-ring (bicyclic) bond motifs is 2. The Morgan fingerprint density at radius 1 is 1.00 bits per heavy atom. The number of Topliss-reactive ketones (excluding diaryl/α,β-unsaturated/α-hetero) is 1. The van der Waals surface area contributed by atoms with Crippen molar-refractivity contribution >= 4 is 73.9 Å². The summed E-state index contributed by atoms with van der Waals surface area (Å²) in [4.78, 5) is 76.6. The Morgan fingerprint density at radius 3 is 2.44 bits per heavy atom. The van der Waals surface area contributed by atoms with Crippen LogP contribution >= 0.6 is 22.9 Å². The average Bonchev–Trinajstić information content (AvgIpc) is 4.24. The molecule has 3 amide bonds. The normalized spacial score (nSPS) is 19.2. The van der Waals surface area contributed by atoms with Gasteiger partial charge in [-0.25, -0.2) is 9.37 Å². The Hall–Kier alpha value is -6.57. The second-order valence-corrected chi connectivity index (χ2v) is 23.7. The molecule has 4 aromatic carbocycles. The summed E-state index contributed by atoms with van der Waals surface area (Å²) in [7, 11) is 0. The van der Waals surface area contributed by atoms with Crippen LogP contribution in [0.3, 0.4) is 0 Å². The van der Waals surface area contributed by atoms with Crippen LogP contribution in [0.5, 0.6) is 11.8 Å². The number of hydrogen-bond donors (Lipinski definition) is 3. The van der Waals surface area contributed by atoms with Crippen LogP contribution in [0.15, 0.2) is 84.9 Å². The highest BCUT2D eigenvalue weighted by Crippen LogP contribution is 2.43. The zero-order chi connectivity index (χ0) is 56.3. The molecule has 9 rings (SSSR count). The quantitative estimate of drug-likeness (QED) is 0.0692. The van der Waals surface area contributed by atoms with E-state index >= 15 is 4.39 Å². The fraction of sp³-hybridized carbons (Fsp3) is 0.450. The number of halogens is 2. The molecule has 5 atom stereocenters.